The molecule has 0 unspecified atom stereocenters. The van der Waals surface area contributed by atoms with Crippen LogP contribution in [-0.2, 0) is 0 Å². The van der Waals surface area contributed by atoms with Crippen LogP contribution in [0.15, 0.2) is 57.8 Å². The van der Waals surface area contributed by atoms with Crippen LogP contribution in [0.25, 0.3) is 22.1 Å². The number of para-hydroxylation sites is 1. The highest BCUT2D eigenvalue weighted by atomic mass is 32.2. The van der Waals surface area contributed by atoms with Gasteiger partial charge in [0, 0.05) is 29.1 Å². The van der Waals surface area contributed by atoms with Crippen LogP contribution < -0.4 is 10.2 Å². The van der Waals surface area contributed by atoms with Crippen LogP contribution in [0.2, 0.25) is 0 Å². The lowest BCUT2D eigenvalue weighted by Crippen LogP contribution is -2.31. The van der Waals surface area contributed by atoms with Crippen molar-refractivity contribution in [2.75, 3.05) is 29.6 Å². The average molecular weight is 419 g/mol. The van der Waals surface area contributed by atoms with Crippen molar-refractivity contribution in [2.45, 2.75) is 24.2 Å². The smallest absolute Gasteiger partial charge is 0.293 e. The van der Waals surface area contributed by atoms with Gasteiger partial charge in [-0.1, -0.05) is 18.2 Å². The van der Waals surface area contributed by atoms with E-state index >= 15 is 0 Å². The fourth-order valence-electron chi connectivity index (χ4n) is 3.89. The van der Waals surface area contributed by atoms with Crippen LogP contribution in [0, 0.1) is 0 Å². The molecule has 1 aliphatic heterocycles. The van der Waals surface area contributed by atoms with Crippen LogP contribution >= 0.6 is 11.8 Å². The Balaban J connectivity index is 1.60. The van der Waals surface area contributed by atoms with E-state index in [4.69, 9.17) is 4.42 Å². The van der Waals surface area contributed by atoms with Gasteiger partial charge in [-0.05, 0) is 55.9 Å². The Morgan fingerprint density at radius 2 is 1.90 bits per heavy atom. The molecule has 0 atom stereocenters. The van der Waals surface area contributed by atoms with Crippen molar-refractivity contribution in [3.63, 3.8) is 0 Å². The molecule has 1 amide bonds. The molecule has 7 heteroatoms. The lowest BCUT2D eigenvalue weighted by atomic mass is 10.1. The van der Waals surface area contributed by atoms with Crippen LogP contribution in [0.4, 0.5) is 11.5 Å². The Morgan fingerprint density at radius 1 is 1.07 bits per heavy atom. The monoisotopic (exact) mass is 418 g/mol. The SMILES string of the molecule is CSc1cccc(NC(=O)c2nc(N3CCCCC3)c3oc4ccccc4c3n2)c1. The van der Waals surface area contributed by atoms with Crippen molar-refractivity contribution in [1.29, 1.82) is 0 Å². The summed E-state index contributed by atoms with van der Waals surface area (Å²) in [6.07, 6.45) is 5.43. The highest BCUT2D eigenvalue weighted by Crippen LogP contribution is 2.34. The van der Waals surface area contributed by atoms with Gasteiger partial charge in [0.1, 0.15) is 11.1 Å². The Hall–Kier alpha value is -3.06. The predicted molar refractivity (Wildman–Crippen MR) is 122 cm³/mol. The van der Waals surface area contributed by atoms with Gasteiger partial charge in [-0.2, -0.15) is 0 Å². The first kappa shape index (κ1) is 18.9. The molecule has 0 bridgehead atoms. The number of hydrogen-bond donors (Lipinski definition) is 1. The van der Waals surface area contributed by atoms with Gasteiger partial charge >= 0.3 is 0 Å². The number of thioether (sulfide) groups is 1. The summed E-state index contributed by atoms with van der Waals surface area (Å²) < 4.78 is 6.12. The van der Waals surface area contributed by atoms with Crippen molar-refractivity contribution in [1.82, 2.24) is 9.97 Å². The molecule has 5 rings (SSSR count). The molecule has 1 N–H and O–H groups in total. The largest absolute Gasteiger partial charge is 0.450 e. The summed E-state index contributed by atoms with van der Waals surface area (Å²) in [6.45, 7) is 1.81. The number of anilines is 2. The van der Waals surface area contributed by atoms with Crippen molar-refractivity contribution in [3.8, 4) is 0 Å². The number of amides is 1. The molecular formula is C23H22N4O2S. The first-order valence-electron chi connectivity index (χ1n) is 10.1. The minimum Gasteiger partial charge on any atom is -0.450 e. The molecule has 30 heavy (non-hydrogen) atoms. The zero-order valence-corrected chi connectivity index (χ0v) is 17.5. The number of nitrogens with one attached hydrogen (secondary N) is 1. The first-order valence-corrected chi connectivity index (χ1v) is 11.3. The summed E-state index contributed by atoms with van der Waals surface area (Å²) >= 11 is 1.63. The van der Waals surface area contributed by atoms with Crippen LogP contribution in [-0.4, -0.2) is 35.2 Å². The summed E-state index contributed by atoms with van der Waals surface area (Å²) in [6, 6.07) is 15.5. The van der Waals surface area contributed by atoms with Crippen LogP contribution in [0.5, 0.6) is 0 Å². The number of nitrogens with zero attached hydrogens (tertiary/aromatic N) is 3. The highest BCUT2D eigenvalue weighted by molar-refractivity contribution is 7.98. The Kier molecular flexibility index (Phi) is 5.04. The molecule has 2 aromatic heterocycles. The number of benzene rings is 2. The van der Waals surface area contributed by atoms with Crippen LogP contribution in [0.3, 0.4) is 0 Å². The second kappa shape index (κ2) is 7.99. The summed E-state index contributed by atoms with van der Waals surface area (Å²) in [4.78, 5) is 25.6. The maximum Gasteiger partial charge on any atom is 0.293 e. The van der Waals surface area contributed by atoms with E-state index in [0.717, 1.165) is 47.5 Å². The lowest BCUT2D eigenvalue weighted by molar-refractivity contribution is 0.101. The molecular weight excluding hydrogens is 396 g/mol. The Labute approximate surface area is 178 Å². The summed E-state index contributed by atoms with van der Waals surface area (Å²) in [5, 5.41) is 3.84. The zero-order chi connectivity index (χ0) is 20.5. The highest BCUT2D eigenvalue weighted by Gasteiger charge is 2.23. The van der Waals surface area contributed by atoms with Gasteiger partial charge in [-0.25, -0.2) is 9.97 Å². The normalized spacial score (nSPS) is 14.4. The van der Waals surface area contributed by atoms with E-state index in [1.54, 1.807) is 11.8 Å². The van der Waals surface area contributed by atoms with Gasteiger partial charge in [0.15, 0.2) is 11.4 Å². The van der Waals surface area contributed by atoms with Crippen molar-refractivity contribution in [3.05, 3.63) is 54.4 Å². The summed E-state index contributed by atoms with van der Waals surface area (Å²) in [5.74, 6) is 0.543. The average Bonchev–Trinajstić information content (AvgIpc) is 3.18. The zero-order valence-electron chi connectivity index (χ0n) is 16.7. The van der Waals surface area contributed by atoms with Gasteiger partial charge in [0.25, 0.3) is 5.91 Å². The minimum atomic E-state index is -0.321. The van der Waals surface area contributed by atoms with E-state index in [2.05, 4.69) is 20.2 Å². The van der Waals surface area contributed by atoms with Gasteiger partial charge in [-0.15, -0.1) is 11.8 Å². The van der Waals surface area contributed by atoms with E-state index < -0.39 is 0 Å². The molecule has 4 aromatic rings. The molecule has 0 spiro atoms. The fourth-order valence-corrected chi connectivity index (χ4v) is 4.35. The third-order valence-corrected chi connectivity index (χ3v) is 6.11. The molecule has 1 saturated heterocycles. The van der Waals surface area contributed by atoms with Gasteiger partial charge < -0.3 is 14.6 Å². The Morgan fingerprint density at radius 3 is 2.73 bits per heavy atom. The molecule has 1 aliphatic rings. The number of carbonyl (C=O) groups is 1. The second-order valence-corrected chi connectivity index (χ2v) is 8.26. The quantitative estimate of drug-likeness (QED) is 0.451. The molecule has 0 saturated carbocycles. The maximum absolute atomic E-state index is 13.1. The number of rotatable bonds is 4. The number of fused-ring (bicyclic) bond motifs is 3. The molecule has 1 fully saturated rings. The number of furan rings is 1. The lowest BCUT2D eigenvalue weighted by Gasteiger charge is -2.27. The third-order valence-electron chi connectivity index (χ3n) is 5.39. The van der Waals surface area contributed by atoms with Crippen LogP contribution in [0.1, 0.15) is 29.9 Å². The second-order valence-electron chi connectivity index (χ2n) is 7.38. The number of piperidine rings is 1. The standard InChI is InChI=1S/C23H22N4O2S/c1-30-16-9-7-8-15(14-16)24-23(28)21-25-19-17-10-3-4-11-18(17)29-20(19)22(26-21)27-12-5-2-6-13-27/h3-4,7-11,14H,2,5-6,12-13H2,1H3,(H,24,28). The molecule has 0 radical (unpaired) electrons. The van der Waals surface area contributed by atoms with E-state index in [1.165, 1.54) is 6.42 Å². The van der Waals surface area contributed by atoms with Crippen molar-refractivity contribution < 1.29 is 9.21 Å². The Bertz CT molecular complexity index is 1230. The predicted octanol–water partition coefficient (Wildman–Crippen LogP) is 5.34. The summed E-state index contributed by atoms with van der Waals surface area (Å²) in [7, 11) is 0. The van der Waals surface area contributed by atoms with Crippen molar-refractivity contribution in [2.24, 2.45) is 0 Å². The van der Waals surface area contributed by atoms with Gasteiger partial charge in [-0.3, -0.25) is 4.79 Å². The molecule has 6 nitrogen and oxygen atoms in total. The topological polar surface area (TPSA) is 71.3 Å². The fraction of sp³-hybridized carbons (Fsp3) is 0.261. The van der Waals surface area contributed by atoms with E-state index in [0.29, 0.717) is 16.9 Å². The molecule has 2 aromatic carbocycles. The summed E-state index contributed by atoms with van der Waals surface area (Å²) in [5.41, 5.74) is 2.82. The molecule has 0 aliphatic carbocycles. The van der Waals surface area contributed by atoms with Crippen molar-refractivity contribution >= 4 is 51.2 Å². The molecule has 152 valence electrons. The van der Waals surface area contributed by atoms with E-state index in [-0.39, 0.29) is 11.7 Å². The molecule has 3 heterocycles. The van der Waals surface area contributed by atoms with E-state index in [9.17, 15) is 4.79 Å². The number of carbonyl (C=O) groups excluding carboxylic acids is 1. The number of aromatic nitrogens is 2. The minimum absolute atomic E-state index is 0.157. The maximum atomic E-state index is 13.1. The van der Waals surface area contributed by atoms with Gasteiger partial charge in [0.2, 0.25) is 5.82 Å². The third kappa shape index (κ3) is 3.50. The first-order chi connectivity index (χ1) is 14.7. The number of hydrogen-bond acceptors (Lipinski definition) is 6. The van der Waals surface area contributed by atoms with Gasteiger partial charge in [0.05, 0.1) is 0 Å². The van der Waals surface area contributed by atoms with E-state index in [1.807, 2.05) is 54.8 Å².